The molecule has 12 bridgehead atoms. The number of rotatable bonds is 26. The number of anilines is 1. The lowest BCUT2D eigenvalue weighted by atomic mass is 9.72. The number of benzene rings is 6. The van der Waals surface area contributed by atoms with Crippen LogP contribution < -0.4 is 23.8 Å². The van der Waals surface area contributed by atoms with Gasteiger partial charge in [-0.2, -0.15) is 0 Å². The first-order valence-electron chi connectivity index (χ1n) is 54.0. The molecule has 18 aliphatic heterocycles. The number of aliphatic hydroxyl groups excluding tert-OH is 6. The van der Waals surface area contributed by atoms with E-state index in [1.54, 1.807) is 46.1 Å². The number of fused-ring (bicyclic) bond motifs is 24. The van der Waals surface area contributed by atoms with E-state index in [9.17, 15) is 30.6 Å². The van der Waals surface area contributed by atoms with Gasteiger partial charge in [-0.25, -0.2) is 0 Å². The Hall–Kier alpha value is -10.8. The van der Waals surface area contributed by atoms with E-state index in [1.807, 2.05) is 167 Å². The number of pyridine rings is 6. The summed E-state index contributed by atoms with van der Waals surface area (Å²) in [6.07, 6.45) is 32.6. The fraction of sp³-hybridized carbons (Fsp3) is 0.492. The summed E-state index contributed by atoms with van der Waals surface area (Å²) in [5.41, 5.74) is 12.5. The molecule has 18 saturated heterocycles. The molecule has 0 aliphatic carbocycles. The first-order valence-corrected chi connectivity index (χ1v) is 54.0. The SMILES string of the molecule is C=CC1CN2CCC1CC2C(O)c1ccnc2ccc(OC)cc12.C=CC1CN2CCC1CC2[C@@H](O)c1ccnc2ccc(N(C)C)cc12.C=CC1CN2CCC1CC2[C@@H](O)c1ccnc2ccc(OCC)cc12.C=CC1CN2CCC1CC2[C@@H](O)c1ccnc2ccccc12.CCC1CN2CCC1CC2C(O)c1ccnc2ccc(OC)cc12.CCC1CN2CCC1CC2[C@@H](O)c1ccnc2ccc(OCOC)cc12. The van der Waals surface area contributed by atoms with Gasteiger partial charge in [0.2, 0.25) is 0 Å². The molecule has 146 heavy (non-hydrogen) atoms. The number of ether oxygens (including phenoxy) is 5. The molecule has 30 rings (SSSR count). The van der Waals surface area contributed by atoms with Crippen molar-refractivity contribution in [2.75, 3.05) is 132 Å². The van der Waals surface area contributed by atoms with Crippen LogP contribution in [0.3, 0.4) is 0 Å². The van der Waals surface area contributed by atoms with Gasteiger partial charge in [0.05, 0.1) is 90.6 Å². The summed E-state index contributed by atoms with van der Waals surface area (Å²) in [5, 5.41) is 73.1. The molecule has 0 saturated carbocycles. The summed E-state index contributed by atoms with van der Waals surface area (Å²) < 4.78 is 26.9. The van der Waals surface area contributed by atoms with Gasteiger partial charge in [-0.15, -0.1) is 26.3 Å². The Labute approximate surface area is 862 Å². The molecule has 772 valence electrons. The van der Waals surface area contributed by atoms with Crippen molar-refractivity contribution < 1.29 is 54.3 Å². The molecule has 26 unspecified atom stereocenters. The summed E-state index contributed by atoms with van der Waals surface area (Å²) in [6.45, 7) is 36.2. The van der Waals surface area contributed by atoms with Gasteiger partial charge in [-0.1, -0.05) is 69.2 Å². The monoisotopic (exact) mass is 1980 g/mol. The minimum Gasteiger partial charge on any atom is -0.497 e. The van der Waals surface area contributed by atoms with Gasteiger partial charge in [-0.3, -0.25) is 59.3 Å². The van der Waals surface area contributed by atoms with E-state index < -0.39 is 36.6 Å². The molecule has 6 aromatic carbocycles. The second kappa shape index (κ2) is 47.0. The predicted molar refractivity (Wildman–Crippen MR) is 582 cm³/mol. The third kappa shape index (κ3) is 21.9. The van der Waals surface area contributed by atoms with Gasteiger partial charge in [0.1, 0.15) is 23.0 Å². The number of para-hydroxylation sites is 1. The van der Waals surface area contributed by atoms with Crippen LogP contribution in [-0.4, -0.2) is 254 Å². The zero-order valence-electron chi connectivity index (χ0n) is 86.7. The topological polar surface area (TPSA) is 268 Å². The number of aromatic nitrogens is 6. The Balaban J connectivity index is 0.000000111. The van der Waals surface area contributed by atoms with Gasteiger partial charge in [0, 0.05) is 172 Å². The second-order valence-corrected chi connectivity index (χ2v) is 43.3. The van der Waals surface area contributed by atoms with Crippen molar-refractivity contribution in [1.29, 1.82) is 0 Å². The van der Waals surface area contributed by atoms with Crippen molar-refractivity contribution in [3.8, 4) is 23.0 Å². The Bertz CT molecular complexity index is 6510. The lowest BCUT2D eigenvalue weighted by Gasteiger charge is -2.51. The van der Waals surface area contributed by atoms with Gasteiger partial charge in [0.25, 0.3) is 0 Å². The first kappa shape index (κ1) is 104. The highest BCUT2D eigenvalue weighted by atomic mass is 16.7. The van der Waals surface area contributed by atoms with Gasteiger partial charge in [-0.05, 0) is 361 Å². The quantitative estimate of drug-likeness (QED) is 0.0217. The van der Waals surface area contributed by atoms with E-state index in [1.165, 1.54) is 51.4 Å². The van der Waals surface area contributed by atoms with Crippen molar-refractivity contribution in [3.05, 3.63) is 273 Å². The molecule has 0 amide bonds. The average Bonchev–Trinajstić information content (AvgIpc) is 0.781. The molecule has 12 aromatic rings. The molecule has 24 heterocycles. The Morgan fingerprint density at radius 3 is 0.863 bits per heavy atom. The second-order valence-electron chi connectivity index (χ2n) is 43.3. The molecule has 30 atom stereocenters. The van der Waals surface area contributed by atoms with E-state index in [0.29, 0.717) is 54.0 Å². The third-order valence-electron chi connectivity index (χ3n) is 35.7. The molecule has 6 N–H and O–H groups in total. The molecule has 0 spiro atoms. The van der Waals surface area contributed by atoms with Crippen LogP contribution in [0.25, 0.3) is 65.4 Å². The summed E-state index contributed by atoms with van der Waals surface area (Å²) >= 11 is 0. The standard InChI is InChI=1S/C21H27N3O.C21H28N2O3.C21H26N2O2.C20H26N2O2.C20H24N2O2.C19H22N2O/c1-4-14-13-24-10-8-15(14)11-20(24)21(25)17-7-9-22-19-6-5-16(23(2)3)12-18(17)19;1-3-14-12-23-9-7-15(14)10-20(23)21(24)17-6-8-22-19-5-4-16(11-18(17)19)26-13-25-2;1-3-14-13-23-10-8-15(14)11-20(23)21(24)17-7-9-22-19-6-5-16(25-4-2)12-18(17)19;2*1-3-13-12-22-9-7-14(13)10-19(22)20(23)16-6-8-21-18-5-4-15(24-2)11-17(16)18;1-2-13-12-21-10-8-14(13)11-18(21)19(22)16-7-9-20-17-6-4-3-5-15(16)17/h4-7,9,12,14-15,20-21,25H,1,8,10-11,13H2,2-3H3;4-6,8,11,14-15,20-21,24H,3,7,9-10,12-13H2,1-2H3;3,5-7,9,12,14-15,20-21,24H,1,4,8,10-11,13H2,2H3;4-6,8,11,13-14,19-20,23H,3,7,9-10,12H2,1-2H3;3-6,8,11,13-14,19-20,23H,1,7,9-10,12H2,2H3;2-7,9,13-14,18-19,22H,1,8,10-12H2/t3*14?,15?,20?,21-;;;13?,14?,18?,19-/m000..0/s1. The Morgan fingerprint density at radius 2 is 0.589 bits per heavy atom. The molecule has 24 nitrogen and oxygen atoms in total. The Kier molecular flexibility index (Phi) is 33.4. The van der Waals surface area contributed by atoms with Crippen molar-refractivity contribution in [2.24, 2.45) is 71.0 Å². The van der Waals surface area contributed by atoms with E-state index in [4.69, 9.17) is 23.7 Å². The summed E-state index contributed by atoms with van der Waals surface area (Å²) in [6, 6.07) is 50.7. The smallest absolute Gasteiger partial charge is 0.188 e. The maximum absolute atomic E-state index is 11.3. The lowest BCUT2D eigenvalue weighted by molar-refractivity contribution is -0.0562. The molecule has 24 heteroatoms. The highest BCUT2D eigenvalue weighted by Gasteiger charge is 2.49. The predicted octanol–water partition coefficient (Wildman–Crippen LogP) is 19.9. The molecule has 18 aliphatic rings. The molecule has 6 aromatic heterocycles. The fourth-order valence-corrected chi connectivity index (χ4v) is 27.4. The minimum absolute atomic E-state index is 0.177. The molecular weight excluding hydrogens is 1820 g/mol. The van der Waals surface area contributed by atoms with Crippen molar-refractivity contribution >= 4 is 71.1 Å². The van der Waals surface area contributed by atoms with E-state index >= 15 is 0 Å². The number of piperidine rings is 18. The van der Waals surface area contributed by atoms with Crippen LogP contribution >= 0.6 is 0 Å². The normalized spacial score (nSPS) is 30.1. The van der Waals surface area contributed by atoms with E-state index in [0.717, 1.165) is 268 Å². The molecule has 0 radical (unpaired) electrons. The summed E-state index contributed by atoms with van der Waals surface area (Å²) in [4.78, 5) is 43.5. The summed E-state index contributed by atoms with van der Waals surface area (Å²) in [5.74, 6) is 11.2. The van der Waals surface area contributed by atoms with E-state index in [-0.39, 0.29) is 43.0 Å². The highest BCUT2D eigenvalue weighted by Crippen LogP contribution is 2.51. The number of methoxy groups -OCH3 is 3. The largest absolute Gasteiger partial charge is 0.497 e. The fourth-order valence-electron chi connectivity index (χ4n) is 27.4. The van der Waals surface area contributed by atoms with Crippen molar-refractivity contribution in [2.45, 2.75) is 184 Å². The van der Waals surface area contributed by atoms with Crippen LogP contribution in [0.2, 0.25) is 0 Å². The maximum Gasteiger partial charge on any atom is 0.188 e. The number of nitrogens with zero attached hydrogens (tertiary/aromatic N) is 13. The van der Waals surface area contributed by atoms with Crippen molar-refractivity contribution in [3.63, 3.8) is 0 Å². The lowest BCUT2D eigenvalue weighted by Crippen LogP contribution is -2.55. The minimum atomic E-state index is -0.504. The molecular formula is C122H153N13O11. The number of hydrogen-bond donors (Lipinski definition) is 6. The molecule has 18 fully saturated rings. The van der Waals surface area contributed by atoms with Gasteiger partial charge in [0.15, 0.2) is 6.79 Å². The zero-order chi connectivity index (χ0) is 102. The van der Waals surface area contributed by atoms with Crippen LogP contribution in [0.5, 0.6) is 23.0 Å². The zero-order valence-corrected chi connectivity index (χ0v) is 86.7. The van der Waals surface area contributed by atoms with Crippen LogP contribution in [0.1, 0.15) is 181 Å². The summed E-state index contributed by atoms with van der Waals surface area (Å²) in [7, 11) is 9.01. The van der Waals surface area contributed by atoms with Crippen LogP contribution in [0, 0.1) is 71.0 Å². The Morgan fingerprint density at radius 1 is 0.322 bits per heavy atom. The van der Waals surface area contributed by atoms with E-state index in [2.05, 4.69) is 147 Å². The maximum atomic E-state index is 11.3. The van der Waals surface area contributed by atoms with Gasteiger partial charge >= 0.3 is 0 Å². The van der Waals surface area contributed by atoms with Crippen LogP contribution in [-0.2, 0) is 4.74 Å². The number of hydrogen-bond acceptors (Lipinski definition) is 24. The number of aliphatic hydroxyl groups is 6. The third-order valence-corrected chi connectivity index (χ3v) is 35.7. The first-order chi connectivity index (χ1) is 71.2. The van der Waals surface area contributed by atoms with Crippen LogP contribution in [0.15, 0.2) is 239 Å². The van der Waals surface area contributed by atoms with Crippen LogP contribution in [0.4, 0.5) is 5.69 Å². The van der Waals surface area contributed by atoms with Crippen molar-refractivity contribution in [1.82, 2.24) is 59.3 Å². The van der Waals surface area contributed by atoms with Gasteiger partial charge < -0.3 is 59.2 Å². The highest BCUT2D eigenvalue weighted by molar-refractivity contribution is 5.89. The average molecular weight is 1980 g/mol.